The molecule has 6 heteroatoms. The number of nitrogens with one attached hydrogen (secondary N) is 3. The fraction of sp³-hybridized carbons (Fsp3) is 0.300. The lowest BCUT2D eigenvalue weighted by atomic mass is 10.1. The van der Waals surface area contributed by atoms with E-state index in [0.29, 0.717) is 43.1 Å². The van der Waals surface area contributed by atoms with Crippen molar-refractivity contribution >= 4 is 11.9 Å². The average Bonchev–Trinajstić information content (AvgIpc) is 2.65. The summed E-state index contributed by atoms with van der Waals surface area (Å²) in [5.41, 5.74) is 2.37. The van der Waals surface area contributed by atoms with E-state index < -0.39 is 0 Å². The Kier molecular flexibility index (Phi) is 7.61. The molecule has 0 spiro atoms. The van der Waals surface area contributed by atoms with Crippen molar-refractivity contribution < 1.29 is 9.18 Å². The summed E-state index contributed by atoms with van der Waals surface area (Å²) in [7, 11) is 1.67. The number of halogens is 1. The summed E-state index contributed by atoms with van der Waals surface area (Å²) in [6.07, 6.45) is 0.567. The number of hydrogen-bond donors (Lipinski definition) is 3. The molecule has 0 aromatic heterocycles. The highest BCUT2D eigenvalue weighted by atomic mass is 19.1. The first-order valence-electron chi connectivity index (χ1n) is 8.63. The van der Waals surface area contributed by atoms with Gasteiger partial charge in [0, 0.05) is 32.2 Å². The van der Waals surface area contributed by atoms with Crippen LogP contribution in [0.4, 0.5) is 4.39 Å². The van der Waals surface area contributed by atoms with Gasteiger partial charge in [0.15, 0.2) is 5.96 Å². The second kappa shape index (κ2) is 10.2. The molecule has 3 N–H and O–H groups in total. The molecule has 0 atom stereocenters. The molecule has 0 heterocycles. The van der Waals surface area contributed by atoms with Gasteiger partial charge in [0.25, 0.3) is 5.91 Å². The van der Waals surface area contributed by atoms with Crippen LogP contribution < -0.4 is 16.0 Å². The van der Waals surface area contributed by atoms with Crippen molar-refractivity contribution in [2.24, 2.45) is 4.99 Å². The molecule has 1 amide bonds. The molecule has 2 rings (SSSR count). The van der Waals surface area contributed by atoms with Gasteiger partial charge in [-0.25, -0.2) is 4.39 Å². The monoisotopic (exact) mass is 356 g/mol. The van der Waals surface area contributed by atoms with Crippen LogP contribution in [0.5, 0.6) is 0 Å². The topological polar surface area (TPSA) is 65.5 Å². The first-order valence-corrected chi connectivity index (χ1v) is 8.63. The molecular weight excluding hydrogens is 331 g/mol. The normalized spacial score (nSPS) is 11.1. The molecule has 0 radical (unpaired) electrons. The van der Waals surface area contributed by atoms with Crippen molar-refractivity contribution in [3.8, 4) is 0 Å². The smallest absolute Gasteiger partial charge is 0.251 e. The van der Waals surface area contributed by atoms with Gasteiger partial charge in [0.2, 0.25) is 0 Å². The predicted octanol–water partition coefficient (Wildman–Crippen LogP) is 2.27. The Hall–Kier alpha value is -2.89. The molecule has 0 unspecified atom stereocenters. The highest BCUT2D eigenvalue weighted by Gasteiger charge is 2.05. The summed E-state index contributed by atoms with van der Waals surface area (Å²) in [6, 6.07) is 14.2. The zero-order valence-electron chi connectivity index (χ0n) is 15.2. The van der Waals surface area contributed by atoms with E-state index in [4.69, 9.17) is 0 Å². The molecule has 0 fully saturated rings. The van der Waals surface area contributed by atoms with E-state index in [-0.39, 0.29) is 11.7 Å². The number of hydrogen-bond acceptors (Lipinski definition) is 2. The van der Waals surface area contributed by atoms with Crippen LogP contribution in [-0.4, -0.2) is 38.5 Å². The van der Waals surface area contributed by atoms with Crippen LogP contribution in [-0.2, 0) is 6.42 Å². The molecular formula is C20H25FN4O. The summed E-state index contributed by atoms with van der Waals surface area (Å²) in [5, 5.41) is 9.11. The fourth-order valence-electron chi connectivity index (χ4n) is 2.48. The number of rotatable bonds is 7. The predicted molar refractivity (Wildman–Crippen MR) is 103 cm³/mol. The second-order valence-electron chi connectivity index (χ2n) is 5.89. The number of guanidine groups is 1. The molecule has 26 heavy (non-hydrogen) atoms. The Labute approximate surface area is 153 Å². The van der Waals surface area contributed by atoms with Crippen molar-refractivity contribution in [1.82, 2.24) is 16.0 Å². The first-order chi connectivity index (χ1) is 12.6. The van der Waals surface area contributed by atoms with Gasteiger partial charge < -0.3 is 16.0 Å². The lowest BCUT2D eigenvalue weighted by molar-refractivity contribution is 0.0954. The van der Waals surface area contributed by atoms with Crippen LogP contribution in [0.1, 0.15) is 21.5 Å². The van der Waals surface area contributed by atoms with Crippen molar-refractivity contribution in [1.29, 1.82) is 0 Å². The summed E-state index contributed by atoms with van der Waals surface area (Å²) < 4.78 is 13.6. The van der Waals surface area contributed by atoms with Crippen molar-refractivity contribution in [3.05, 3.63) is 71.0 Å². The van der Waals surface area contributed by atoms with E-state index in [1.165, 1.54) is 6.07 Å². The van der Waals surface area contributed by atoms with E-state index in [2.05, 4.69) is 20.9 Å². The standard InChI is InChI=1S/C20H25FN4O/c1-15-6-5-8-17(14-15)19(26)23-12-13-25-20(22-2)24-11-10-16-7-3-4-9-18(16)21/h3-9,14H,10-13H2,1-2H3,(H,23,26)(H2,22,24,25). The number of aliphatic imine (C=N–C) groups is 1. The van der Waals surface area contributed by atoms with Crippen LogP contribution in [0.3, 0.4) is 0 Å². The zero-order chi connectivity index (χ0) is 18.8. The van der Waals surface area contributed by atoms with Gasteiger partial charge in [0.05, 0.1) is 0 Å². The van der Waals surface area contributed by atoms with Crippen molar-refractivity contribution in [2.45, 2.75) is 13.3 Å². The molecule has 0 aliphatic rings. The number of aryl methyl sites for hydroxylation is 1. The van der Waals surface area contributed by atoms with Gasteiger partial charge in [-0.1, -0.05) is 35.9 Å². The quantitative estimate of drug-likeness (QED) is 0.405. The Morgan fingerprint density at radius 1 is 1.00 bits per heavy atom. The third-order valence-electron chi connectivity index (χ3n) is 3.85. The average molecular weight is 356 g/mol. The summed E-state index contributed by atoms with van der Waals surface area (Å²) in [5.74, 6) is 0.320. The van der Waals surface area contributed by atoms with E-state index in [1.807, 2.05) is 31.2 Å². The molecule has 0 aliphatic heterocycles. The second-order valence-corrected chi connectivity index (χ2v) is 5.89. The van der Waals surface area contributed by atoms with E-state index in [0.717, 1.165) is 5.56 Å². The molecule has 0 saturated heterocycles. The van der Waals surface area contributed by atoms with Gasteiger partial charge in [-0.15, -0.1) is 0 Å². The van der Waals surface area contributed by atoms with Crippen LogP contribution >= 0.6 is 0 Å². The van der Waals surface area contributed by atoms with E-state index in [9.17, 15) is 9.18 Å². The Balaban J connectivity index is 1.67. The van der Waals surface area contributed by atoms with E-state index >= 15 is 0 Å². The fourth-order valence-corrected chi connectivity index (χ4v) is 2.48. The SMILES string of the molecule is CN=C(NCCNC(=O)c1cccc(C)c1)NCCc1ccccc1F. The number of nitrogens with zero attached hydrogens (tertiary/aromatic N) is 1. The summed E-state index contributed by atoms with van der Waals surface area (Å²) in [4.78, 5) is 16.2. The van der Waals surface area contributed by atoms with Crippen LogP contribution in [0.2, 0.25) is 0 Å². The molecule has 0 aliphatic carbocycles. The summed E-state index contributed by atoms with van der Waals surface area (Å²) in [6.45, 7) is 3.53. The van der Waals surface area contributed by atoms with Gasteiger partial charge in [-0.05, 0) is 37.1 Å². The Morgan fingerprint density at radius 2 is 1.73 bits per heavy atom. The van der Waals surface area contributed by atoms with Crippen LogP contribution in [0.25, 0.3) is 0 Å². The lowest BCUT2D eigenvalue weighted by Gasteiger charge is -2.12. The third kappa shape index (κ3) is 6.20. The molecule has 5 nitrogen and oxygen atoms in total. The number of benzene rings is 2. The lowest BCUT2D eigenvalue weighted by Crippen LogP contribution is -2.42. The molecule has 138 valence electrons. The maximum Gasteiger partial charge on any atom is 0.251 e. The molecule has 2 aromatic rings. The number of amides is 1. The minimum atomic E-state index is -0.198. The zero-order valence-corrected chi connectivity index (χ0v) is 15.2. The van der Waals surface area contributed by atoms with Gasteiger partial charge in [-0.2, -0.15) is 0 Å². The van der Waals surface area contributed by atoms with Crippen molar-refractivity contribution in [2.75, 3.05) is 26.7 Å². The molecule has 2 aromatic carbocycles. The van der Waals surface area contributed by atoms with Crippen LogP contribution in [0.15, 0.2) is 53.5 Å². The minimum absolute atomic E-state index is 0.0991. The molecule has 0 bridgehead atoms. The van der Waals surface area contributed by atoms with E-state index in [1.54, 1.807) is 25.2 Å². The number of carbonyl (C=O) groups excluding carboxylic acids is 1. The maximum absolute atomic E-state index is 13.6. The first kappa shape index (κ1) is 19.4. The Morgan fingerprint density at radius 3 is 2.46 bits per heavy atom. The van der Waals surface area contributed by atoms with Gasteiger partial charge in [-0.3, -0.25) is 9.79 Å². The van der Waals surface area contributed by atoms with Crippen molar-refractivity contribution in [3.63, 3.8) is 0 Å². The maximum atomic E-state index is 13.6. The Bertz CT molecular complexity index is 761. The number of carbonyl (C=O) groups is 1. The minimum Gasteiger partial charge on any atom is -0.356 e. The largest absolute Gasteiger partial charge is 0.356 e. The highest BCUT2D eigenvalue weighted by molar-refractivity contribution is 5.94. The highest BCUT2D eigenvalue weighted by Crippen LogP contribution is 2.06. The van der Waals surface area contributed by atoms with Crippen LogP contribution in [0, 0.1) is 12.7 Å². The third-order valence-corrected chi connectivity index (χ3v) is 3.85. The van der Waals surface area contributed by atoms with Gasteiger partial charge in [0.1, 0.15) is 5.82 Å². The molecule has 0 saturated carbocycles. The summed E-state index contributed by atoms with van der Waals surface area (Å²) >= 11 is 0. The van der Waals surface area contributed by atoms with Gasteiger partial charge >= 0.3 is 0 Å².